The number of benzene rings is 2. The van der Waals surface area contributed by atoms with Crippen molar-refractivity contribution in [2.45, 2.75) is 59.3 Å². The van der Waals surface area contributed by atoms with Crippen LogP contribution in [-0.2, 0) is 20.7 Å². The largest absolute Gasteiger partial charge is 0.465 e. The first kappa shape index (κ1) is 28.0. The van der Waals surface area contributed by atoms with Crippen LogP contribution in [0.15, 0.2) is 47.6 Å². The number of amides is 3. The number of ketones is 1. The van der Waals surface area contributed by atoms with Crippen LogP contribution in [0.1, 0.15) is 74.4 Å². The molecule has 1 aliphatic carbocycles. The van der Waals surface area contributed by atoms with Crippen LogP contribution in [-0.4, -0.2) is 48.1 Å². The topological polar surface area (TPSA) is 117 Å². The van der Waals surface area contributed by atoms with Gasteiger partial charge in [-0.25, -0.2) is 14.6 Å². The Labute approximate surface area is 229 Å². The maximum Gasteiger partial charge on any atom is 0.342 e. The van der Waals surface area contributed by atoms with Gasteiger partial charge < -0.3 is 15.4 Å². The molecule has 1 aliphatic heterocycles. The maximum absolute atomic E-state index is 13.3. The van der Waals surface area contributed by atoms with Gasteiger partial charge in [-0.1, -0.05) is 58.2 Å². The van der Waals surface area contributed by atoms with Gasteiger partial charge in [-0.15, -0.1) is 0 Å². The summed E-state index contributed by atoms with van der Waals surface area (Å²) < 4.78 is 4.74. The van der Waals surface area contributed by atoms with Crippen LogP contribution >= 0.6 is 0 Å². The van der Waals surface area contributed by atoms with Crippen molar-refractivity contribution in [3.63, 3.8) is 0 Å². The molecule has 0 radical (unpaired) electrons. The van der Waals surface area contributed by atoms with E-state index in [2.05, 4.69) is 10.6 Å². The van der Waals surface area contributed by atoms with E-state index >= 15 is 0 Å². The lowest BCUT2D eigenvalue weighted by molar-refractivity contribution is -0.125. The number of esters is 1. The number of Topliss-reactive ketones (excluding diaryl/α,β-unsaturated/α-hetero) is 1. The molecule has 0 spiro atoms. The lowest BCUT2D eigenvalue weighted by Crippen LogP contribution is -2.37. The minimum absolute atomic E-state index is 0.109. The highest BCUT2D eigenvalue weighted by molar-refractivity contribution is 6.11. The Bertz CT molecular complexity index is 1300. The van der Waals surface area contributed by atoms with Gasteiger partial charge in [-0.3, -0.25) is 9.59 Å². The number of hydrazone groups is 1. The van der Waals surface area contributed by atoms with Crippen LogP contribution in [0, 0.1) is 11.3 Å². The first-order chi connectivity index (χ1) is 18.5. The molecule has 206 valence electrons. The van der Waals surface area contributed by atoms with Crippen LogP contribution in [0.5, 0.6) is 0 Å². The molecule has 9 heteroatoms. The summed E-state index contributed by atoms with van der Waals surface area (Å²) in [7, 11) is 1.29. The van der Waals surface area contributed by atoms with Crippen molar-refractivity contribution in [2.75, 3.05) is 24.3 Å². The van der Waals surface area contributed by atoms with Gasteiger partial charge in [0.15, 0.2) is 0 Å². The molecule has 0 bridgehead atoms. The number of nitrogens with one attached hydrogen (secondary N) is 2. The van der Waals surface area contributed by atoms with Crippen molar-refractivity contribution < 1.29 is 23.9 Å². The normalized spacial score (nSPS) is 15.9. The zero-order valence-corrected chi connectivity index (χ0v) is 23.0. The number of carbonyl (C=O) groups excluding carboxylic acids is 4. The van der Waals surface area contributed by atoms with E-state index in [-0.39, 0.29) is 24.7 Å². The molecule has 0 saturated heterocycles. The molecule has 39 heavy (non-hydrogen) atoms. The van der Waals surface area contributed by atoms with Crippen LogP contribution in [0.4, 0.5) is 16.2 Å². The van der Waals surface area contributed by atoms with E-state index in [1.165, 1.54) is 19.6 Å². The first-order valence-corrected chi connectivity index (χ1v) is 13.4. The average molecular weight is 533 g/mol. The van der Waals surface area contributed by atoms with Gasteiger partial charge in [0, 0.05) is 29.0 Å². The molecule has 0 atom stereocenters. The van der Waals surface area contributed by atoms with Crippen molar-refractivity contribution in [3.05, 3.63) is 59.2 Å². The molecule has 0 aromatic heterocycles. The SMILES string of the molecule is COC(=O)c1cccc(NC(=O)CN2N=C(C3CCCCC3)c3ccc(CC(=O)C(C)(C)C)cc3NC2=O)c1. The highest BCUT2D eigenvalue weighted by Gasteiger charge is 2.30. The van der Waals surface area contributed by atoms with Crippen molar-refractivity contribution in [1.29, 1.82) is 0 Å². The van der Waals surface area contributed by atoms with Crippen LogP contribution in [0.3, 0.4) is 0 Å². The monoisotopic (exact) mass is 532 g/mol. The third kappa shape index (κ3) is 6.90. The predicted molar refractivity (Wildman–Crippen MR) is 150 cm³/mol. The van der Waals surface area contributed by atoms with E-state index in [1.54, 1.807) is 18.2 Å². The zero-order valence-electron chi connectivity index (χ0n) is 23.0. The molecule has 2 N–H and O–H groups in total. The minimum Gasteiger partial charge on any atom is -0.465 e. The van der Waals surface area contributed by atoms with Gasteiger partial charge in [0.05, 0.1) is 24.1 Å². The predicted octanol–water partition coefficient (Wildman–Crippen LogP) is 5.40. The average Bonchev–Trinajstić information content (AvgIpc) is 3.04. The smallest absolute Gasteiger partial charge is 0.342 e. The number of hydrogen-bond acceptors (Lipinski definition) is 6. The van der Waals surface area contributed by atoms with Crippen molar-refractivity contribution in [3.8, 4) is 0 Å². The van der Waals surface area contributed by atoms with Crippen molar-refractivity contribution >= 4 is 40.8 Å². The third-order valence-electron chi connectivity index (χ3n) is 7.12. The second kappa shape index (κ2) is 11.8. The molecule has 2 aromatic carbocycles. The number of ether oxygens (including phenoxy) is 1. The number of methoxy groups -OCH3 is 1. The summed E-state index contributed by atoms with van der Waals surface area (Å²) in [4.78, 5) is 50.7. The molecular weight excluding hydrogens is 496 g/mol. The van der Waals surface area contributed by atoms with Gasteiger partial charge in [0.1, 0.15) is 12.3 Å². The van der Waals surface area contributed by atoms with E-state index in [0.29, 0.717) is 16.9 Å². The standard InChI is InChI=1S/C30H36N4O5/c1-30(2,3)25(35)16-19-13-14-23-24(15-19)32-29(38)34(33-27(23)20-9-6-5-7-10-20)18-26(36)31-22-12-8-11-21(17-22)28(37)39-4/h8,11-15,17,20H,5-7,9-10,16,18H2,1-4H3,(H,31,36)(H,32,38). The van der Waals surface area contributed by atoms with Gasteiger partial charge in [-0.2, -0.15) is 5.10 Å². The van der Waals surface area contributed by atoms with Crippen LogP contribution < -0.4 is 10.6 Å². The summed E-state index contributed by atoms with van der Waals surface area (Å²) >= 11 is 0. The highest BCUT2D eigenvalue weighted by Crippen LogP contribution is 2.33. The Kier molecular flexibility index (Phi) is 8.47. The Morgan fingerprint density at radius 1 is 1.08 bits per heavy atom. The molecule has 2 aromatic rings. The third-order valence-corrected chi connectivity index (χ3v) is 7.12. The second-order valence-corrected chi connectivity index (χ2v) is 11.2. The molecule has 3 amide bonds. The van der Waals surface area contributed by atoms with Gasteiger partial charge in [-0.05, 0) is 42.7 Å². The molecule has 0 unspecified atom stereocenters. The molecule has 2 aliphatic rings. The fourth-order valence-electron chi connectivity index (χ4n) is 4.85. The number of nitrogens with zero attached hydrogens (tertiary/aromatic N) is 2. The van der Waals surface area contributed by atoms with E-state index in [4.69, 9.17) is 9.84 Å². The fourth-order valence-corrected chi connectivity index (χ4v) is 4.85. The quantitative estimate of drug-likeness (QED) is 0.463. The highest BCUT2D eigenvalue weighted by atomic mass is 16.5. The number of anilines is 2. The lowest BCUT2D eigenvalue weighted by Gasteiger charge is -2.24. The van der Waals surface area contributed by atoms with Gasteiger partial charge >= 0.3 is 12.0 Å². The summed E-state index contributed by atoms with van der Waals surface area (Å²) in [5.41, 5.74) is 3.24. The molecule has 1 saturated carbocycles. The second-order valence-electron chi connectivity index (χ2n) is 11.2. The molecule has 9 nitrogen and oxygen atoms in total. The zero-order chi connectivity index (χ0) is 28.2. The lowest BCUT2D eigenvalue weighted by atomic mass is 9.82. The van der Waals surface area contributed by atoms with Gasteiger partial charge in [0.25, 0.3) is 0 Å². The first-order valence-electron chi connectivity index (χ1n) is 13.4. The summed E-state index contributed by atoms with van der Waals surface area (Å²) in [6, 6.07) is 11.6. The van der Waals surface area contributed by atoms with Crippen LogP contribution in [0.2, 0.25) is 0 Å². The van der Waals surface area contributed by atoms with E-state index < -0.39 is 23.3 Å². The van der Waals surface area contributed by atoms with E-state index in [0.717, 1.165) is 47.5 Å². The van der Waals surface area contributed by atoms with Crippen molar-refractivity contribution in [2.24, 2.45) is 16.4 Å². The van der Waals surface area contributed by atoms with E-state index in [1.807, 2.05) is 39.0 Å². The van der Waals surface area contributed by atoms with Crippen LogP contribution in [0.25, 0.3) is 0 Å². The number of hydrogen-bond donors (Lipinski definition) is 2. The van der Waals surface area contributed by atoms with E-state index in [9.17, 15) is 19.2 Å². The molecule has 4 rings (SSSR count). The summed E-state index contributed by atoms with van der Waals surface area (Å²) in [5.74, 6) is -0.699. The number of carbonyl (C=O) groups is 4. The number of rotatable bonds is 7. The van der Waals surface area contributed by atoms with Gasteiger partial charge in [0.2, 0.25) is 5.91 Å². The molecule has 1 fully saturated rings. The Morgan fingerprint density at radius 3 is 2.51 bits per heavy atom. The number of urea groups is 1. The maximum atomic E-state index is 13.3. The summed E-state index contributed by atoms with van der Waals surface area (Å²) in [6.45, 7) is 5.36. The fraction of sp³-hybridized carbons (Fsp3) is 0.433. The summed E-state index contributed by atoms with van der Waals surface area (Å²) in [6.07, 6.45) is 5.50. The Morgan fingerprint density at radius 2 is 1.82 bits per heavy atom. The van der Waals surface area contributed by atoms with Crippen molar-refractivity contribution in [1.82, 2.24) is 5.01 Å². The minimum atomic E-state index is -0.528. The molecular formula is C30H36N4O5. The Hall–Kier alpha value is -4.01. The summed E-state index contributed by atoms with van der Waals surface area (Å²) in [5, 5.41) is 11.5. The Balaban J connectivity index is 1.59. The number of fused-ring (bicyclic) bond motifs is 1. The molecule has 1 heterocycles.